The van der Waals surface area contributed by atoms with Crippen LogP contribution in [0.4, 0.5) is 0 Å². The van der Waals surface area contributed by atoms with Crippen molar-refractivity contribution >= 4 is 5.97 Å². The van der Waals surface area contributed by atoms with Crippen LogP contribution in [0, 0.1) is 5.41 Å². The molecular weight excluding hydrogens is 220 g/mol. The minimum absolute atomic E-state index is 0.207. The summed E-state index contributed by atoms with van der Waals surface area (Å²) in [6.07, 6.45) is 4.28. The van der Waals surface area contributed by atoms with Gasteiger partial charge < -0.3 is 10.2 Å². The number of carboxylic acids is 1. The average Bonchev–Trinajstić information content (AvgIpc) is 2.63. The highest BCUT2D eigenvalue weighted by molar-refractivity contribution is 5.76. The van der Waals surface area contributed by atoms with Crippen molar-refractivity contribution in [2.45, 2.75) is 45.3 Å². The Bertz CT molecular complexity index is 421. The number of hydrogen-bond acceptors (Lipinski definition) is 3. The summed E-state index contributed by atoms with van der Waals surface area (Å²) in [5, 5.41) is 23.6. The highest BCUT2D eigenvalue weighted by Crippen LogP contribution is 2.50. The van der Waals surface area contributed by atoms with Gasteiger partial charge in [-0.3, -0.25) is 9.48 Å². The molecule has 1 saturated carbocycles. The molecule has 0 bridgehead atoms. The van der Waals surface area contributed by atoms with Gasteiger partial charge in [-0.2, -0.15) is 5.10 Å². The molecule has 2 rings (SSSR count). The first-order valence-electron chi connectivity index (χ1n) is 5.93. The zero-order chi connectivity index (χ0) is 12.6. The minimum Gasteiger partial charge on any atom is -0.481 e. The van der Waals surface area contributed by atoms with E-state index in [1.165, 1.54) is 0 Å². The molecule has 0 aliphatic heterocycles. The number of aromatic nitrogens is 2. The lowest BCUT2D eigenvalue weighted by Gasteiger charge is -2.41. The lowest BCUT2D eigenvalue weighted by atomic mass is 9.64. The highest BCUT2D eigenvalue weighted by Gasteiger charge is 2.51. The fraction of sp³-hybridized carbons (Fsp3) is 0.667. The lowest BCUT2D eigenvalue weighted by Crippen LogP contribution is -2.43. The van der Waals surface area contributed by atoms with Crippen molar-refractivity contribution in [3.63, 3.8) is 0 Å². The number of hydrogen-bond donors (Lipinski definition) is 2. The van der Waals surface area contributed by atoms with E-state index in [2.05, 4.69) is 5.10 Å². The Balaban J connectivity index is 2.23. The van der Waals surface area contributed by atoms with Crippen LogP contribution in [0.3, 0.4) is 0 Å². The van der Waals surface area contributed by atoms with Crippen LogP contribution in [0.1, 0.15) is 50.8 Å². The zero-order valence-corrected chi connectivity index (χ0v) is 10.1. The number of rotatable bonds is 4. The second-order valence-corrected chi connectivity index (χ2v) is 5.06. The number of carboxylic acid groups (broad SMARTS) is 1. The number of aliphatic hydroxyl groups is 1. The largest absolute Gasteiger partial charge is 0.481 e. The van der Waals surface area contributed by atoms with Crippen LogP contribution in [0.25, 0.3) is 0 Å². The van der Waals surface area contributed by atoms with Gasteiger partial charge in [-0.25, -0.2) is 0 Å². The molecule has 5 heteroatoms. The van der Waals surface area contributed by atoms with E-state index in [-0.39, 0.29) is 6.04 Å². The molecule has 2 N–H and O–H groups in total. The van der Waals surface area contributed by atoms with Crippen LogP contribution in [0.2, 0.25) is 0 Å². The maximum atomic E-state index is 11.3. The first-order valence-corrected chi connectivity index (χ1v) is 5.93. The summed E-state index contributed by atoms with van der Waals surface area (Å²) < 4.78 is 1.73. The Morgan fingerprint density at radius 3 is 2.53 bits per heavy atom. The third kappa shape index (κ3) is 1.84. The Kier molecular flexibility index (Phi) is 2.95. The van der Waals surface area contributed by atoms with E-state index in [0.717, 1.165) is 6.42 Å². The summed E-state index contributed by atoms with van der Waals surface area (Å²) in [6.45, 7) is 3.97. The predicted molar refractivity (Wildman–Crippen MR) is 61.5 cm³/mol. The van der Waals surface area contributed by atoms with Gasteiger partial charge in [0.2, 0.25) is 0 Å². The second kappa shape index (κ2) is 4.14. The summed E-state index contributed by atoms with van der Waals surface area (Å²) in [4.78, 5) is 11.3. The zero-order valence-electron chi connectivity index (χ0n) is 10.1. The van der Waals surface area contributed by atoms with E-state index in [0.29, 0.717) is 18.4 Å². The molecule has 1 fully saturated rings. The van der Waals surface area contributed by atoms with Crippen molar-refractivity contribution in [2.75, 3.05) is 0 Å². The van der Waals surface area contributed by atoms with Crippen LogP contribution >= 0.6 is 0 Å². The van der Waals surface area contributed by atoms with Crippen LogP contribution < -0.4 is 0 Å². The third-order valence-electron chi connectivity index (χ3n) is 3.66. The van der Waals surface area contributed by atoms with Gasteiger partial charge in [0, 0.05) is 17.8 Å². The highest BCUT2D eigenvalue weighted by atomic mass is 16.4. The molecule has 1 aromatic rings. The van der Waals surface area contributed by atoms with Crippen molar-refractivity contribution in [3.05, 3.63) is 18.0 Å². The van der Waals surface area contributed by atoms with Crippen molar-refractivity contribution in [2.24, 2.45) is 5.41 Å². The minimum atomic E-state index is -0.995. The molecule has 0 aromatic carbocycles. The Hall–Kier alpha value is -1.36. The summed E-state index contributed by atoms with van der Waals surface area (Å²) in [5.74, 6) is -0.909. The molecule has 1 aromatic heterocycles. The predicted octanol–water partition coefficient (Wildman–Crippen LogP) is 1.75. The van der Waals surface area contributed by atoms with Crippen LogP contribution in [0.5, 0.6) is 0 Å². The molecule has 94 valence electrons. The van der Waals surface area contributed by atoms with Gasteiger partial charge in [-0.1, -0.05) is 6.42 Å². The van der Waals surface area contributed by atoms with E-state index in [4.69, 9.17) is 0 Å². The van der Waals surface area contributed by atoms with Gasteiger partial charge in [-0.05, 0) is 26.7 Å². The molecule has 17 heavy (non-hydrogen) atoms. The average molecular weight is 238 g/mol. The fourth-order valence-electron chi connectivity index (χ4n) is 2.26. The molecule has 1 atom stereocenters. The van der Waals surface area contributed by atoms with E-state index < -0.39 is 17.5 Å². The molecule has 1 aliphatic rings. The molecule has 0 saturated heterocycles. The van der Waals surface area contributed by atoms with Gasteiger partial charge in [-0.15, -0.1) is 0 Å². The summed E-state index contributed by atoms with van der Waals surface area (Å²) >= 11 is 0. The second-order valence-electron chi connectivity index (χ2n) is 5.06. The summed E-state index contributed by atoms with van der Waals surface area (Å²) in [5.41, 5.74) is -0.397. The Morgan fingerprint density at radius 2 is 2.18 bits per heavy atom. The maximum Gasteiger partial charge on any atom is 0.312 e. The third-order valence-corrected chi connectivity index (χ3v) is 3.66. The number of carbonyl (C=O) groups is 1. The van der Waals surface area contributed by atoms with E-state index in [1.54, 1.807) is 17.1 Å². The molecule has 5 nitrogen and oxygen atoms in total. The first-order chi connectivity index (χ1) is 7.97. The van der Waals surface area contributed by atoms with Gasteiger partial charge >= 0.3 is 5.97 Å². The summed E-state index contributed by atoms with van der Waals surface area (Å²) in [7, 11) is 0. The smallest absolute Gasteiger partial charge is 0.312 e. The monoisotopic (exact) mass is 238 g/mol. The molecule has 1 heterocycles. The van der Waals surface area contributed by atoms with Gasteiger partial charge in [0.05, 0.1) is 17.7 Å². The van der Waals surface area contributed by atoms with Gasteiger partial charge in [0.15, 0.2) is 0 Å². The lowest BCUT2D eigenvalue weighted by molar-refractivity contribution is -0.166. The van der Waals surface area contributed by atoms with E-state index in [9.17, 15) is 15.0 Å². The van der Waals surface area contributed by atoms with Crippen LogP contribution in [0.15, 0.2) is 12.4 Å². The number of aliphatic hydroxyl groups excluding tert-OH is 1. The maximum absolute atomic E-state index is 11.3. The SMILES string of the molecule is CC(C)n1cc([C@H](O)C2(C(=O)O)CCC2)cn1. The standard InChI is InChI=1S/C12H18N2O3/c1-8(2)14-7-9(6-13-14)10(15)12(11(16)17)4-3-5-12/h6-8,10,15H,3-5H2,1-2H3,(H,16,17)/t10-/m0/s1. The van der Waals surface area contributed by atoms with Crippen molar-refractivity contribution in [1.82, 2.24) is 9.78 Å². The Labute approximate surface area is 100 Å². The first kappa shape index (κ1) is 12.1. The molecular formula is C12H18N2O3. The van der Waals surface area contributed by atoms with Crippen LogP contribution in [-0.4, -0.2) is 26.0 Å². The van der Waals surface area contributed by atoms with Crippen molar-refractivity contribution < 1.29 is 15.0 Å². The summed E-state index contributed by atoms with van der Waals surface area (Å²) in [6, 6.07) is 0.207. The van der Waals surface area contributed by atoms with Gasteiger partial charge in [0.25, 0.3) is 0 Å². The molecule has 0 spiro atoms. The number of aliphatic carboxylic acids is 1. The fourth-order valence-corrected chi connectivity index (χ4v) is 2.26. The molecule has 0 unspecified atom stereocenters. The van der Waals surface area contributed by atoms with Crippen molar-refractivity contribution in [3.8, 4) is 0 Å². The van der Waals surface area contributed by atoms with E-state index in [1.807, 2.05) is 13.8 Å². The molecule has 1 aliphatic carbocycles. The normalized spacial score (nSPS) is 20.0. The van der Waals surface area contributed by atoms with Gasteiger partial charge in [0.1, 0.15) is 0 Å². The Morgan fingerprint density at radius 1 is 1.53 bits per heavy atom. The van der Waals surface area contributed by atoms with Crippen molar-refractivity contribution in [1.29, 1.82) is 0 Å². The van der Waals surface area contributed by atoms with E-state index >= 15 is 0 Å². The quantitative estimate of drug-likeness (QED) is 0.838. The number of nitrogens with zero attached hydrogens (tertiary/aromatic N) is 2. The molecule has 0 radical (unpaired) electrons. The van der Waals surface area contributed by atoms with Crippen LogP contribution in [-0.2, 0) is 4.79 Å². The topological polar surface area (TPSA) is 75.4 Å². The molecule has 0 amide bonds.